The SMILES string of the molecule is Cc1ccc(C)c(C(=O)CN2CC(C)OC(C)(C)C2)c1. The summed E-state index contributed by atoms with van der Waals surface area (Å²) in [5, 5.41) is 0. The summed E-state index contributed by atoms with van der Waals surface area (Å²) in [4.78, 5) is 14.7. The average molecular weight is 275 g/mol. The van der Waals surface area contributed by atoms with E-state index in [0.29, 0.717) is 6.54 Å². The van der Waals surface area contributed by atoms with Crippen LogP contribution in [0.3, 0.4) is 0 Å². The number of carbonyl (C=O) groups is 1. The third kappa shape index (κ3) is 3.68. The molecule has 20 heavy (non-hydrogen) atoms. The third-order valence-corrected chi connectivity index (χ3v) is 3.70. The van der Waals surface area contributed by atoms with E-state index in [1.807, 2.05) is 32.0 Å². The summed E-state index contributed by atoms with van der Waals surface area (Å²) >= 11 is 0. The lowest BCUT2D eigenvalue weighted by Gasteiger charge is -2.41. The molecule has 0 bridgehead atoms. The Hall–Kier alpha value is -1.19. The summed E-state index contributed by atoms with van der Waals surface area (Å²) in [5.41, 5.74) is 2.86. The molecule has 0 amide bonds. The zero-order valence-corrected chi connectivity index (χ0v) is 13.2. The Kier molecular flexibility index (Phi) is 4.31. The van der Waals surface area contributed by atoms with Crippen molar-refractivity contribution in [3.8, 4) is 0 Å². The number of aryl methyl sites for hydroxylation is 2. The molecule has 3 heteroatoms. The minimum absolute atomic E-state index is 0.171. The number of Topliss-reactive ketones (excluding diaryl/α,β-unsaturated/α-hetero) is 1. The molecule has 0 aromatic heterocycles. The van der Waals surface area contributed by atoms with E-state index in [9.17, 15) is 4.79 Å². The zero-order valence-electron chi connectivity index (χ0n) is 13.2. The van der Waals surface area contributed by atoms with Gasteiger partial charge >= 0.3 is 0 Å². The minimum Gasteiger partial charge on any atom is -0.370 e. The molecule has 1 aromatic rings. The van der Waals surface area contributed by atoms with E-state index in [0.717, 1.165) is 29.8 Å². The van der Waals surface area contributed by atoms with Gasteiger partial charge in [-0.05, 0) is 46.2 Å². The van der Waals surface area contributed by atoms with Gasteiger partial charge in [-0.25, -0.2) is 0 Å². The maximum absolute atomic E-state index is 12.5. The third-order valence-electron chi connectivity index (χ3n) is 3.70. The molecule has 3 nitrogen and oxygen atoms in total. The first-order chi connectivity index (χ1) is 9.27. The van der Waals surface area contributed by atoms with Gasteiger partial charge in [0.15, 0.2) is 5.78 Å². The van der Waals surface area contributed by atoms with Crippen LogP contribution in [0.15, 0.2) is 18.2 Å². The first-order valence-electron chi connectivity index (χ1n) is 7.27. The highest BCUT2D eigenvalue weighted by Crippen LogP contribution is 2.21. The van der Waals surface area contributed by atoms with Crippen LogP contribution in [0, 0.1) is 13.8 Å². The van der Waals surface area contributed by atoms with Crippen molar-refractivity contribution in [1.29, 1.82) is 0 Å². The molecule has 0 N–H and O–H groups in total. The molecule has 1 aliphatic heterocycles. The summed E-state index contributed by atoms with van der Waals surface area (Å²) < 4.78 is 5.88. The molecule has 1 fully saturated rings. The Balaban J connectivity index is 2.09. The van der Waals surface area contributed by atoms with E-state index >= 15 is 0 Å². The number of morpholine rings is 1. The highest BCUT2D eigenvalue weighted by Gasteiger charge is 2.32. The molecule has 1 saturated heterocycles. The summed E-state index contributed by atoms with van der Waals surface area (Å²) in [7, 11) is 0. The van der Waals surface area contributed by atoms with Crippen molar-refractivity contribution >= 4 is 5.78 Å². The van der Waals surface area contributed by atoms with Crippen molar-refractivity contribution in [2.75, 3.05) is 19.6 Å². The van der Waals surface area contributed by atoms with E-state index in [4.69, 9.17) is 4.74 Å². The standard InChI is InChI=1S/C17H25NO2/c1-12-6-7-13(2)15(8-12)16(19)10-18-9-14(3)20-17(4,5)11-18/h6-8,14H,9-11H2,1-5H3. The quantitative estimate of drug-likeness (QED) is 0.794. The van der Waals surface area contributed by atoms with Crippen molar-refractivity contribution < 1.29 is 9.53 Å². The lowest BCUT2D eigenvalue weighted by molar-refractivity contribution is -0.126. The lowest BCUT2D eigenvalue weighted by atomic mass is 10.00. The second-order valence-corrected chi connectivity index (χ2v) is 6.60. The lowest BCUT2D eigenvalue weighted by Crippen LogP contribution is -2.53. The first kappa shape index (κ1) is 15.2. The van der Waals surface area contributed by atoms with Crippen LogP contribution in [0.1, 0.15) is 42.3 Å². The molecule has 1 aromatic carbocycles. The number of hydrogen-bond donors (Lipinski definition) is 0. The fourth-order valence-electron chi connectivity index (χ4n) is 3.03. The van der Waals surface area contributed by atoms with Gasteiger partial charge in [-0.15, -0.1) is 0 Å². The predicted octanol–water partition coefficient (Wildman–Crippen LogP) is 2.99. The van der Waals surface area contributed by atoms with Crippen LogP contribution < -0.4 is 0 Å². The highest BCUT2D eigenvalue weighted by molar-refractivity contribution is 5.99. The summed E-state index contributed by atoms with van der Waals surface area (Å²) in [5.74, 6) is 0.205. The average Bonchev–Trinajstić information content (AvgIpc) is 2.29. The van der Waals surface area contributed by atoms with Gasteiger partial charge < -0.3 is 4.74 Å². The molecule has 0 spiro atoms. The van der Waals surface area contributed by atoms with Crippen molar-refractivity contribution in [2.24, 2.45) is 0 Å². The van der Waals surface area contributed by atoms with E-state index in [2.05, 4.69) is 25.7 Å². The van der Waals surface area contributed by atoms with Gasteiger partial charge in [0.2, 0.25) is 0 Å². The Bertz CT molecular complexity index is 508. The van der Waals surface area contributed by atoms with Crippen molar-refractivity contribution in [3.05, 3.63) is 34.9 Å². The second kappa shape index (κ2) is 5.66. The Morgan fingerprint density at radius 3 is 2.75 bits per heavy atom. The molecule has 1 heterocycles. The Morgan fingerprint density at radius 1 is 1.40 bits per heavy atom. The monoisotopic (exact) mass is 275 g/mol. The highest BCUT2D eigenvalue weighted by atomic mass is 16.5. The number of benzene rings is 1. The fraction of sp³-hybridized carbons (Fsp3) is 0.588. The molecular weight excluding hydrogens is 250 g/mol. The van der Waals surface area contributed by atoms with Crippen LogP contribution in [0.25, 0.3) is 0 Å². The molecule has 1 unspecified atom stereocenters. The number of carbonyl (C=O) groups excluding carboxylic acids is 1. The van der Waals surface area contributed by atoms with Gasteiger partial charge in [0.1, 0.15) is 0 Å². The molecule has 1 aliphatic rings. The molecule has 1 atom stereocenters. The molecule has 0 saturated carbocycles. The number of rotatable bonds is 3. The first-order valence-corrected chi connectivity index (χ1v) is 7.27. The van der Waals surface area contributed by atoms with Crippen molar-refractivity contribution in [3.63, 3.8) is 0 Å². The molecule has 0 radical (unpaired) electrons. The smallest absolute Gasteiger partial charge is 0.177 e. The van der Waals surface area contributed by atoms with Crippen LogP contribution in [-0.4, -0.2) is 42.0 Å². The largest absolute Gasteiger partial charge is 0.370 e. The van der Waals surface area contributed by atoms with E-state index in [-0.39, 0.29) is 17.5 Å². The molecule has 110 valence electrons. The normalized spacial score (nSPS) is 22.8. The maximum atomic E-state index is 12.5. The van der Waals surface area contributed by atoms with Crippen molar-refractivity contribution in [2.45, 2.75) is 46.3 Å². The number of nitrogens with zero attached hydrogens (tertiary/aromatic N) is 1. The molecule has 0 aliphatic carbocycles. The van der Waals surface area contributed by atoms with E-state index < -0.39 is 0 Å². The van der Waals surface area contributed by atoms with Gasteiger partial charge in [-0.2, -0.15) is 0 Å². The van der Waals surface area contributed by atoms with Crippen molar-refractivity contribution in [1.82, 2.24) is 4.90 Å². The van der Waals surface area contributed by atoms with Crippen LogP contribution >= 0.6 is 0 Å². The second-order valence-electron chi connectivity index (χ2n) is 6.60. The number of ether oxygens (including phenoxy) is 1. The van der Waals surface area contributed by atoms with Crippen LogP contribution in [0.2, 0.25) is 0 Å². The number of hydrogen-bond acceptors (Lipinski definition) is 3. The van der Waals surface area contributed by atoms with Gasteiger partial charge in [0.05, 0.1) is 18.2 Å². The Labute approximate surface area is 121 Å². The van der Waals surface area contributed by atoms with Gasteiger partial charge in [0, 0.05) is 18.7 Å². The van der Waals surface area contributed by atoms with Gasteiger partial charge in [-0.1, -0.05) is 17.7 Å². The topological polar surface area (TPSA) is 29.5 Å². The van der Waals surface area contributed by atoms with Crippen LogP contribution in [0.4, 0.5) is 0 Å². The van der Waals surface area contributed by atoms with Gasteiger partial charge in [0.25, 0.3) is 0 Å². The number of ketones is 1. The van der Waals surface area contributed by atoms with E-state index in [1.54, 1.807) is 0 Å². The maximum Gasteiger partial charge on any atom is 0.177 e. The summed E-state index contributed by atoms with van der Waals surface area (Å²) in [6.45, 7) is 12.3. The Morgan fingerprint density at radius 2 is 2.10 bits per heavy atom. The fourth-order valence-corrected chi connectivity index (χ4v) is 3.03. The summed E-state index contributed by atoms with van der Waals surface area (Å²) in [6, 6.07) is 6.06. The molecular formula is C17H25NO2. The van der Waals surface area contributed by atoms with Crippen LogP contribution in [0.5, 0.6) is 0 Å². The van der Waals surface area contributed by atoms with E-state index in [1.165, 1.54) is 0 Å². The summed E-state index contributed by atoms with van der Waals surface area (Å²) in [6.07, 6.45) is 0.171. The van der Waals surface area contributed by atoms with Gasteiger partial charge in [-0.3, -0.25) is 9.69 Å². The minimum atomic E-state index is -0.181. The predicted molar refractivity (Wildman–Crippen MR) is 81.3 cm³/mol. The zero-order chi connectivity index (χ0) is 14.9. The molecule has 2 rings (SSSR count). The van der Waals surface area contributed by atoms with Crippen LogP contribution in [-0.2, 0) is 4.74 Å².